The van der Waals surface area contributed by atoms with E-state index in [0.717, 1.165) is 16.8 Å². The number of anilines is 1. The van der Waals surface area contributed by atoms with Crippen LogP contribution in [0.15, 0.2) is 29.2 Å². The van der Waals surface area contributed by atoms with Crippen LogP contribution in [0.5, 0.6) is 0 Å². The minimum atomic E-state index is -4.02. The van der Waals surface area contributed by atoms with Crippen LogP contribution < -0.4 is 4.72 Å². The second kappa shape index (κ2) is 5.67. The maximum absolute atomic E-state index is 12.2. The van der Waals surface area contributed by atoms with Gasteiger partial charge >= 0.3 is 5.97 Å². The van der Waals surface area contributed by atoms with E-state index in [1.165, 1.54) is 19.2 Å². The number of hydrogen-bond donors (Lipinski definition) is 2. The molecule has 0 unspecified atom stereocenters. The number of sulfonamides is 1. The molecule has 0 saturated carbocycles. The molecule has 10 heteroatoms. The SMILES string of the molecule is Cn1nc(NS(=O)(=O)c2ccc(Cl)c(C#N)c2)cc1C(=O)O. The third-order valence-corrected chi connectivity index (χ3v) is 4.39. The number of aryl methyl sites for hydroxylation is 1. The number of hydrogen-bond acceptors (Lipinski definition) is 5. The lowest BCUT2D eigenvalue weighted by molar-refractivity contribution is 0.0685. The molecule has 1 aromatic carbocycles. The van der Waals surface area contributed by atoms with Gasteiger partial charge in [-0.05, 0) is 18.2 Å². The van der Waals surface area contributed by atoms with Gasteiger partial charge in [0.05, 0.1) is 15.5 Å². The van der Waals surface area contributed by atoms with Crippen molar-refractivity contribution in [1.82, 2.24) is 9.78 Å². The zero-order chi connectivity index (χ0) is 16.5. The molecule has 0 fully saturated rings. The third kappa shape index (κ3) is 3.03. The van der Waals surface area contributed by atoms with Crippen LogP contribution in [0.1, 0.15) is 16.1 Å². The molecule has 0 spiro atoms. The van der Waals surface area contributed by atoms with Gasteiger partial charge in [0.1, 0.15) is 11.8 Å². The molecular weight excluding hydrogens is 332 g/mol. The topological polar surface area (TPSA) is 125 Å². The summed E-state index contributed by atoms with van der Waals surface area (Å²) in [6, 6.07) is 6.50. The van der Waals surface area contributed by atoms with E-state index in [0.29, 0.717) is 0 Å². The Morgan fingerprint density at radius 2 is 2.14 bits per heavy atom. The van der Waals surface area contributed by atoms with Crippen molar-refractivity contribution in [1.29, 1.82) is 5.26 Å². The summed E-state index contributed by atoms with van der Waals surface area (Å²) < 4.78 is 27.6. The van der Waals surface area contributed by atoms with Crippen LogP contribution in [-0.2, 0) is 17.1 Å². The number of nitrogens with one attached hydrogen (secondary N) is 1. The second-order valence-electron chi connectivity index (χ2n) is 4.20. The Labute approximate surface area is 130 Å². The number of carbonyl (C=O) groups is 1. The third-order valence-electron chi connectivity index (χ3n) is 2.71. The van der Waals surface area contributed by atoms with Crippen molar-refractivity contribution < 1.29 is 18.3 Å². The minimum Gasteiger partial charge on any atom is -0.477 e. The molecule has 0 amide bonds. The summed E-state index contributed by atoms with van der Waals surface area (Å²) in [5.41, 5.74) is -0.164. The predicted molar refractivity (Wildman–Crippen MR) is 77.1 cm³/mol. The van der Waals surface area contributed by atoms with Crippen LogP contribution in [0, 0.1) is 11.3 Å². The van der Waals surface area contributed by atoms with Crippen molar-refractivity contribution in [2.75, 3.05) is 4.72 Å². The lowest BCUT2D eigenvalue weighted by Crippen LogP contribution is -2.13. The van der Waals surface area contributed by atoms with Crippen molar-refractivity contribution in [2.24, 2.45) is 7.05 Å². The Morgan fingerprint density at radius 1 is 1.45 bits per heavy atom. The summed E-state index contributed by atoms with van der Waals surface area (Å²) in [6.07, 6.45) is 0. The molecule has 0 aliphatic rings. The normalized spacial score (nSPS) is 11.0. The van der Waals surface area contributed by atoms with E-state index in [1.54, 1.807) is 6.07 Å². The van der Waals surface area contributed by atoms with E-state index < -0.39 is 16.0 Å². The molecule has 1 heterocycles. The van der Waals surface area contributed by atoms with Crippen LogP contribution in [0.2, 0.25) is 5.02 Å². The Balaban J connectivity index is 2.38. The summed E-state index contributed by atoms with van der Waals surface area (Å²) in [5, 5.41) is 21.7. The van der Waals surface area contributed by atoms with E-state index in [-0.39, 0.29) is 27.0 Å². The van der Waals surface area contributed by atoms with Gasteiger partial charge in [0.2, 0.25) is 0 Å². The van der Waals surface area contributed by atoms with Crippen LogP contribution in [0.25, 0.3) is 0 Å². The van der Waals surface area contributed by atoms with Gasteiger partial charge in [-0.25, -0.2) is 13.2 Å². The number of carboxylic acid groups (broad SMARTS) is 1. The Morgan fingerprint density at radius 3 is 2.68 bits per heavy atom. The van der Waals surface area contributed by atoms with Gasteiger partial charge in [-0.15, -0.1) is 0 Å². The van der Waals surface area contributed by atoms with Crippen LogP contribution in [-0.4, -0.2) is 29.3 Å². The Bertz CT molecular complexity index is 898. The Kier molecular flexibility index (Phi) is 4.07. The Hall–Kier alpha value is -2.57. The first kappa shape index (κ1) is 15.8. The molecule has 2 aromatic rings. The fourth-order valence-electron chi connectivity index (χ4n) is 1.67. The molecule has 8 nitrogen and oxygen atoms in total. The molecule has 1 aromatic heterocycles. The highest BCUT2D eigenvalue weighted by molar-refractivity contribution is 7.92. The number of halogens is 1. The van der Waals surface area contributed by atoms with E-state index >= 15 is 0 Å². The van der Waals surface area contributed by atoms with E-state index in [2.05, 4.69) is 9.82 Å². The van der Waals surface area contributed by atoms with E-state index in [9.17, 15) is 13.2 Å². The van der Waals surface area contributed by atoms with Gasteiger partial charge in [0, 0.05) is 13.1 Å². The fourth-order valence-corrected chi connectivity index (χ4v) is 2.84. The summed E-state index contributed by atoms with van der Waals surface area (Å²) in [5.74, 6) is -1.38. The number of rotatable bonds is 4. The molecule has 0 aliphatic carbocycles. The molecule has 2 N–H and O–H groups in total. The first-order chi connectivity index (χ1) is 10.2. The number of benzene rings is 1. The molecular formula is C12H9ClN4O4S. The zero-order valence-electron chi connectivity index (χ0n) is 11.1. The predicted octanol–water partition coefficient (Wildman–Crippen LogP) is 1.44. The van der Waals surface area contributed by atoms with Gasteiger partial charge in [-0.1, -0.05) is 11.6 Å². The maximum atomic E-state index is 12.2. The quantitative estimate of drug-likeness (QED) is 0.867. The number of aromatic carboxylic acids is 1. The fraction of sp³-hybridized carbons (Fsp3) is 0.0833. The zero-order valence-corrected chi connectivity index (χ0v) is 12.7. The highest BCUT2D eigenvalue weighted by atomic mass is 35.5. The number of aromatic nitrogens is 2. The number of nitriles is 1. The number of nitrogens with zero attached hydrogens (tertiary/aromatic N) is 3. The molecule has 2 rings (SSSR count). The molecule has 0 aliphatic heterocycles. The molecule has 0 saturated heterocycles. The highest BCUT2D eigenvalue weighted by Gasteiger charge is 2.19. The molecule has 0 bridgehead atoms. The summed E-state index contributed by atoms with van der Waals surface area (Å²) >= 11 is 5.75. The summed E-state index contributed by atoms with van der Waals surface area (Å²) in [6.45, 7) is 0. The second-order valence-corrected chi connectivity index (χ2v) is 6.29. The van der Waals surface area contributed by atoms with Gasteiger partial charge in [-0.2, -0.15) is 10.4 Å². The van der Waals surface area contributed by atoms with Crippen molar-refractivity contribution >= 4 is 33.4 Å². The van der Waals surface area contributed by atoms with Crippen LogP contribution >= 0.6 is 11.6 Å². The van der Waals surface area contributed by atoms with Crippen molar-refractivity contribution in [3.8, 4) is 6.07 Å². The van der Waals surface area contributed by atoms with Crippen molar-refractivity contribution in [3.63, 3.8) is 0 Å². The first-order valence-corrected chi connectivity index (χ1v) is 7.60. The first-order valence-electron chi connectivity index (χ1n) is 5.74. The smallest absolute Gasteiger partial charge is 0.354 e. The van der Waals surface area contributed by atoms with E-state index in [4.69, 9.17) is 22.0 Å². The largest absolute Gasteiger partial charge is 0.477 e. The monoisotopic (exact) mass is 340 g/mol. The minimum absolute atomic E-state index is 0.0109. The standard InChI is InChI=1S/C12H9ClN4O4S/c1-17-10(12(18)19)5-11(15-17)16-22(20,21)8-2-3-9(13)7(4-8)6-14/h2-5H,1H3,(H,15,16)(H,18,19). The van der Waals surface area contributed by atoms with Crippen LogP contribution in [0.4, 0.5) is 5.82 Å². The summed E-state index contributed by atoms with van der Waals surface area (Å²) in [4.78, 5) is 10.7. The van der Waals surface area contributed by atoms with Gasteiger partial charge in [0.15, 0.2) is 5.82 Å². The van der Waals surface area contributed by atoms with E-state index in [1.807, 2.05) is 0 Å². The lowest BCUT2D eigenvalue weighted by atomic mass is 10.2. The average Bonchev–Trinajstić information content (AvgIpc) is 2.79. The van der Waals surface area contributed by atoms with Crippen molar-refractivity contribution in [3.05, 3.63) is 40.5 Å². The van der Waals surface area contributed by atoms with Gasteiger partial charge in [-0.3, -0.25) is 9.40 Å². The molecule has 22 heavy (non-hydrogen) atoms. The van der Waals surface area contributed by atoms with Gasteiger partial charge in [0.25, 0.3) is 10.0 Å². The number of carboxylic acids is 1. The lowest BCUT2D eigenvalue weighted by Gasteiger charge is -2.06. The van der Waals surface area contributed by atoms with Crippen LogP contribution in [0.3, 0.4) is 0 Å². The highest BCUT2D eigenvalue weighted by Crippen LogP contribution is 2.21. The summed E-state index contributed by atoms with van der Waals surface area (Å²) in [7, 11) is -2.65. The maximum Gasteiger partial charge on any atom is 0.354 e. The molecule has 0 radical (unpaired) electrons. The molecule has 114 valence electrons. The van der Waals surface area contributed by atoms with Crippen molar-refractivity contribution in [2.45, 2.75) is 4.90 Å². The molecule has 0 atom stereocenters. The van der Waals surface area contributed by atoms with Gasteiger partial charge < -0.3 is 5.11 Å². The average molecular weight is 341 g/mol.